The number of hydrogen-bond donors (Lipinski definition) is 1. The highest BCUT2D eigenvalue weighted by Gasteiger charge is 2.46. The van der Waals surface area contributed by atoms with Gasteiger partial charge in [-0.05, 0) is 48.9 Å². The maximum atomic E-state index is 13.4. The van der Waals surface area contributed by atoms with Crippen LogP contribution in [-0.4, -0.2) is 34.1 Å². The van der Waals surface area contributed by atoms with Crippen molar-refractivity contribution >= 4 is 28.2 Å². The van der Waals surface area contributed by atoms with Crippen molar-refractivity contribution in [3.8, 4) is 11.8 Å². The molecule has 2 heterocycles. The van der Waals surface area contributed by atoms with Crippen LogP contribution in [0.15, 0.2) is 59.9 Å². The Hall–Kier alpha value is -4.03. The molecule has 1 unspecified atom stereocenters. The van der Waals surface area contributed by atoms with Gasteiger partial charge < -0.3 is 9.84 Å². The number of amides is 1. The minimum atomic E-state index is -0.915. The number of aromatic nitrogens is 2. The number of carbonyl (C=O) groups is 2. The van der Waals surface area contributed by atoms with Gasteiger partial charge in [0.1, 0.15) is 10.8 Å². The molecule has 0 aliphatic carbocycles. The van der Waals surface area contributed by atoms with Crippen molar-refractivity contribution in [1.82, 2.24) is 10.2 Å². The third-order valence-electron chi connectivity index (χ3n) is 4.88. The molecule has 2 aromatic carbocycles. The minimum Gasteiger partial charge on any atom is -0.503 e. The molecule has 0 saturated carbocycles. The number of carbonyl (C=O) groups excluding carboxylic acids is 2. The molecule has 1 aromatic heterocycles. The Kier molecular flexibility index (Phi) is 5.23. The zero-order chi connectivity index (χ0) is 22.1. The average Bonchev–Trinajstić information content (AvgIpc) is 3.34. The lowest BCUT2D eigenvalue weighted by Crippen LogP contribution is -2.31. The Labute approximate surface area is 181 Å². The van der Waals surface area contributed by atoms with E-state index >= 15 is 0 Å². The summed E-state index contributed by atoms with van der Waals surface area (Å²) in [4.78, 5) is 27.6. The molecule has 154 valence electrons. The van der Waals surface area contributed by atoms with Gasteiger partial charge in [-0.2, -0.15) is 5.26 Å². The van der Waals surface area contributed by atoms with E-state index in [0.717, 1.165) is 0 Å². The molecule has 1 atom stereocenters. The number of ketones is 1. The summed E-state index contributed by atoms with van der Waals surface area (Å²) < 4.78 is 5.13. The van der Waals surface area contributed by atoms with Gasteiger partial charge in [-0.15, -0.1) is 10.2 Å². The Morgan fingerprint density at radius 1 is 1.16 bits per heavy atom. The van der Waals surface area contributed by atoms with Crippen LogP contribution < -0.4 is 9.64 Å². The fourth-order valence-corrected chi connectivity index (χ4v) is 4.09. The largest absolute Gasteiger partial charge is 0.503 e. The Morgan fingerprint density at radius 2 is 1.84 bits per heavy atom. The number of nitrogens with zero attached hydrogens (tertiary/aromatic N) is 4. The van der Waals surface area contributed by atoms with E-state index in [1.807, 2.05) is 6.07 Å². The first-order valence-electron chi connectivity index (χ1n) is 9.20. The molecule has 1 aliphatic heterocycles. The first-order chi connectivity index (χ1) is 14.9. The minimum absolute atomic E-state index is 0.0623. The van der Waals surface area contributed by atoms with Gasteiger partial charge in [-0.25, -0.2) is 0 Å². The smallest absolute Gasteiger partial charge is 0.296 e. The summed E-state index contributed by atoms with van der Waals surface area (Å²) in [6.45, 7) is 1.75. The molecule has 1 amide bonds. The van der Waals surface area contributed by atoms with Gasteiger partial charge in [-0.1, -0.05) is 23.5 Å². The number of ether oxygens (including phenoxy) is 1. The number of rotatable bonds is 5. The van der Waals surface area contributed by atoms with Crippen LogP contribution in [0.1, 0.15) is 32.5 Å². The summed E-state index contributed by atoms with van der Waals surface area (Å²) >= 11 is 1.18. The SMILES string of the molecule is COc1ccc(C(=O)C2=C(O)C(=O)N(c3nnc(C)s3)C2c2ccc(C#N)cc2)cc1. The van der Waals surface area contributed by atoms with Crippen molar-refractivity contribution in [2.75, 3.05) is 12.0 Å². The predicted molar refractivity (Wildman–Crippen MR) is 113 cm³/mol. The van der Waals surface area contributed by atoms with Gasteiger partial charge in [-0.3, -0.25) is 14.5 Å². The molecule has 1 N–H and O–H groups in total. The standard InChI is InChI=1S/C22H16N4O4S/c1-12-24-25-22(31-12)26-18(14-5-3-13(11-23)4-6-14)17(20(28)21(26)29)19(27)15-7-9-16(30-2)10-8-15/h3-10,18,28H,1-2H3. The van der Waals surface area contributed by atoms with Crippen LogP contribution in [0.5, 0.6) is 5.75 Å². The molecule has 31 heavy (non-hydrogen) atoms. The van der Waals surface area contributed by atoms with Crippen LogP contribution in [0.2, 0.25) is 0 Å². The van der Waals surface area contributed by atoms with Gasteiger partial charge >= 0.3 is 0 Å². The van der Waals surface area contributed by atoms with Crippen molar-refractivity contribution in [3.05, 3.63) is 81.6 Å². The van der Waals surface area contributed by atoms with E-state index in [1.165, 1.54) is 23.3 Å². The molecule has 8 nitrogen and oxygen atoms in total. The summed E-state index contributed by atoms with van der Waals surface area (Å²) in [5.41, 5.74) is 1.22. The quantitative estimate of drug-likeness (QED) is 0.613. The lowest BCUT2D eigenvalue weighted by molar-refractivity contribution is -0.117. The van der Waals surface area contributed by atoms with Crippen molar-refractivity contribution in [1.29, 1.82) is 5.26 Å². The highest BCUT2D eigenvalue weighted by Crippen LogP contribution is 2.42. The highest BCUT2D eigenvalue weighted by molar-refractivity contribution is 7.15. The summed E-state index contributed by atoms with van der Waals surface area (Å²) in [6, 6.07) is 14.0. The van der Waals surface area contributed by atoms with Crippen LogP contribution in [0, 0.1) is 18.3 Å². The van der Waals surface area contributed by atoms with Gasteiger partial charge in [0, 0.05) is 5.56 Å². The van der Waals surface area contributed by atoms with Gasteiger partial charge in [0.15, 0.2) is 11.5 Å². The first kappa shape index (κ1) is 20.3. The Morgan fingerprint density at radius 3 is 2.39 bits per heavy atom. The number of aryl methyl sites for hydroxylation is 1. The van der Waals surface area contributed by atoms with E-state index in [1.54, 1.807) is 55.5 Å². The third-order valence-corrected chi connectivity index (χ3v) is 5.72. The van der Waals surface area contributed by atoms with E-state index in [0.29, 0.717) is 27.4 Å². The van der Waals surface area contributed by atoms with Crippen molar-refractivity contribution < 1.29 is 19.4 Å². The lowest BCUT2D eigenvalue weighted by Gasteiger charge is -2.24. The molecular formula is C22H16N4O4S. The zero-order valence-corrected chi connectivity index (χ0v) is 17.4. The second-order valence-corrected chi connectivity index (χ2v) is 7.90. The third kappa shape index (κ3) is 3.53. The number of aliphatic hydroxyl groups excluding tert-OH is 1. The number of aliphatic hydroxyl groups is 1. The summed E-state index contributed by atoms with van der Waals surface area (Å²) in [5.74, 6) is -1.29. The number of nitriles is 1. The fourth-order valence-electron chi connectivity index (χ4n) is 3.37. The van der Waals surface area contributed by atoms with Gasteiger partial charge in [0.25, 0.3) is 5.91 Å². The molecule has 0 saturated heterocycles. The second-order valence-electron chi connectivity index (χ2n) is 6.74. The lowest BCUT2D eigenvalue weighted by atomic mass is 9.92. The fraction of sp³-hybridized carbons (Fsp3) is 0.136. The topological polar surface area (TPSA) is 116 Å². The van der Waals surface area contributed by atoms with E-state index in [9.17, 15) is 14.7 Å². The summed E-state index contributed by atoms with van der Waals surface area (Å²) in [6.07, 6.45) is 0. The maximum absolute atomic E-state index is 13.4. The van der Waals surface area contributed by atoms with Gasteiger partial charge in [0.2, 0.25) is 5.13 Å². The number of hydrogen-bond acceptors (Lipinski definition) is 8. The van der Waals surface area contributed by atoms with Crippen molar-refractivity contribution in [3.63, 3.8) is 0 Å². The Balaban J connectivity index is 1.84. The second kappa shape index (κ2) is 8.01. The Bertz CT molecular complexity index is 1240. The molecule has 0 bridgehead atoms. The number of benzene rings is 2. The van der Waals surface area contributed by atoms with Gasteiger partial charge in [0.05, 0.1) is 30.4 Å². The molecule has 9 heteroatoms. The molecule has 1 aliphatic rings. The van der Waals surface area contributed by atoms with E-state index in [-0.39, 0.29) is 10.7 Å². The normalized spacial score (nSPS) is 15.8. The first-order valence-corrected chi connectivity index (χ1v) is 10.0. The molecule has 3 aromatic rings. The van der Waals surface area contributed by atoms with E-state index in [4.69, 9.17) is 10.00 Å². The van der Waals surface area contributed by atoms with E-state index < -0.39 is 23.5 Å². The number of methoxy groups -OCH3 is 1. The van der Waals surface area contributed by atoms with Crippen LogP contribution in [0.4, 0.5) is 5.13 Å². The number of anilines is 1. The monoisotopic (exact) mass is 432 g/mol. The average molecular weight is 432 g/mol. The molecule has 0 fully saturated rings. The molecule has 4 rings (SSSR count). The van der Waals surface area contributed by atoms with E-state index in [2.05, 4.69) is 10.2 Å². The van der Waals surface area contributed by atoms with Crippen molar-refractivity contribution in [2.45, 2.75) is 13.0 Å². The summed E-state index contributed by atoms with van der Waals surface area (Å²) in [7, 11) is 1.52. The molecule has 0 spiro atoms. The van der Waals surface area contributed by atoms with Crippen LogP contribution in [0.25, 0.3) is 0 Å². The predicted octanol–water partition coefficient (Wildman–Crippen LogP) is 3.51. The van der Waals surface area contributed by atoms with Crippen molar-refractivity contribution in [2.24, 2.45) is 0 Å². The van der Waals surface area contributed by atoms with Crippen LogP contribution >= 0.6 is 11.3 Å². The maximum Gasteiger partial charge on any atom is 0.296 e. The zero-order valence-electron chi connectivity index (χ0n) is 16.6. The van der Waals surface area contributed by atoms with Crippen LogP contribution in [0.3, 0.4) is 0 Å². The molecule has 0 radical (unpaired) electrons. The highest BCUT2D eigenvalue weighted by atomic mass is 32.1. The molecular weight excluding hydrogens is 416 g/mol. The van der Waals surface area contributed by atoms with Crippen LogP contribution in [-0.2, 0) is 4.79 Å². The summed E-state index contributed by atoms with van der Waals surface area (Å²) in [5, 5.41) is 28.7. The number of Topliss-reactive ketones (excluding diaryl/α,β-unsaturated/α-hetero) is 1.